The quantitative estimate of drug-likeness (QED) is 0.767. The van der Waals surface area contributed by atoms with Gasteiger partial charge in [-0.05, 0) is 18.4 Å². The summed E-state index contributed by atoms with van der Waals surface area (Å²) in [7, 11) is 0. The first-order valence-electron chi connectivity index (χ1n) is 6.98. The van der Waals surface area contributed by atoms with E-state index in [9.17, 15) is 4.79 Å². The summed E-state index contributed by atoms with van der Waals surface area (Å²) in [5.41, 5.74) is 5.31. The van der Waals surface area contributed by atoms with Crippen LogP contribution in [-0.2, 0) is 4.79 Å². The van der Waals surface area contributed by atoms with Gasteiger partial charge in [-0.15, -0.1) is 0 Å². The van der Waals surface area contributed by atoms with Crippen molar-refractivity contribution in [2.75, 3.05) is 29.9 Å². The fourth-order valence-corrected chi connectivity index (χ4v) is 2.45. The number of hydrogen-bond acceptors (Lipinski definition) is 4. The topological polar surface area (TPSA) is 71.2 Å². The molecule has 0 aromatic carbocycles. The summed E-state index contributed by atoms with van der Waals surface area (Å²) in [6.45, 7) is 7.61. The SMILES string of the molecule is CCCNc1nc(N(CC(N)=O)CC(C)C)c(Cl)cc1Cl. The van der Waals surface area contributed by atoms with E-state index in [-0.39, 0.29) is 6.54 Å². The van der Waals surface area contributed by atoms with Gasteiger partial charge in [-0.1, -0.05) is 44.0 Å². The van der Waals surface area contributed by atoms with Gasteiger partial charge >= 0.3 is 0 Å². The van der Waals surface area contributed by atoms with Crippen LogP contribution in [0, 0.1) is 5.92 Å². The summed E-state index contributed by atoms with van der Waals surface area (Å²) in [5, 5.41) is 4.01. The Kier molecular flexibility index (Phi) is 7.05. The van der Waals surface area contributed by atoms with Crippen LogP contribution in [0.3, 0.4) is 0 Å². The van der Waals surface area contributed by atoms with Crippen LogP contribution in [0.2, 0.25) is 10.0 Å². The number of primary amides is 1. The zero-order chi connectivity index (χ0) is 16.0. The molecule has 1 heterocycles. The monoisotopic (exact) mass is 332 g/mol. The minimum absolute atomic E-state index is 0.0692. The molecule has 0 fully saturated rings. The van der Waals surface area contributed by atoms with Gasteiger partial charge in [0.15, 0.2) is 0 Å². The van der Waals surface area contributed by atoms with Gasteiger partial charge in [-0.3, -0.25) is 4.79 Å². The van der Waals surface area contributed by atoms with E-state index in [4.69, 9.17) is 28.9 Å². The summed E-state index contributed by atoms with van der Waals surface area (Å²) in [4.78, 5) is 17.5. The van der Waals surface area contributed by atoms with Crippen molar-refractivity contribution < 1.29 is 4.79 Å². The van der Waals surface area contributed by atoms with Gasteiger partial charge in [0.05, 0.1) is 16.6 Å². The van der Waals surface area contributed by atoms with Crippen molar-refractivity contribution in [1.29, 1.82) is 0 Å². The smallest absolute Gasteiger partial charge is 0.236 e. The first-order valence-corrected chi connectivity index (χ1v) is 7.73. The molecule has 0 aliphatic carbocycles. The van der Waals surface area contributed by atoms with Crippen LogP contribution in [0.15, 0.2) is 6.07 Å². The number of amides is 1. The first kappa shape index (κ1) is 17.9. The highest BCUT2D eigenvalue weighted by Crippen LogP contribution is 2.31. The fourth-order valence-electron chi connectivity index (χ4n) is 1.90. The van der Waals surface area contributed by atoms with Crippen LogP contribution in [0.4, 0.5) is 11.6 Å². The molecule has 118 valence electrons. The summed E-state index contributed by atoms with van der Waals surface area (Å²) >= 11 is 12.4. The molecule has 0 saturated carbocycles. The molecule has 1 amide bonds. The maximum atomic E-state index is 11.3. The third-order valence-electron chi connectivity index (χ3n) is 2.69. The number of aromatic nitrogens is 1. The average molecular weight is 333 g/mol. The molecule has 21 heavy (non-hydrogen) atoms. The highest BCUT2D eigenvalue weighted by Gasteiger charge is 2.18. The summed E-state index contributed by atoms with van der Waals surface area (Å²) < 4.78 is 0. The van der Waals surface area contributed by atoms with Crippen molar-refractivity contribution in [2.45, 2.75) is 27.2 Å². The lowest BCUT2D eigenvalue weighted by atomic mass is 10.2. The predicted octanol–water partition coefficient (Wildman–Crippen LogP) is 3.16. The molecular weight excluding hydrogens is 311 g/mol. The Morgan fingerprint density at radius 3 is 2.62 bits per heavy atom. The normalized spacial score (nSPS) is 10.8. The lowest BCUT2D eigenvalue weighted by molar-refractivity contribution is -0.116. The van der Waals surface area contributed by atoms with Crippen molar-refractivity contribution in [3.8, 4) is 0 Å². The van der Waals surface area contributed by atoms with Crippen molar-refractivity contribution in [2.24, 2.45) is 11.7 Å². The number of pyridine rings is 1. The molecule has 1 rings (SSSR count). The Hall–Kier alpha value is -1.20. The predicted molar refractivity (Wildman–Crippen MR) is 89.3 cm³/mol. The lowest BCUT2D eigenvalue weighted by Crippen LogP contribution is -2.37. The van der Waals surface area contributed by atoms with Crippen LogP contribution in [-0.4, -0.2) is 30.5 Å². The third-order valence-corrected chi connectivity index (χ3v) is 3.25. The average Bonchev–Trinajstić information content (AvgIpc) is 2.36. The summed E-state index contributed by atoms with van der Waals surface area (Å²) in [6.07, 6.45) is 0.951. The molecule has 3 N–H and O–H groups in total. The van der Waals surface area contributed by atoms with E-state index in [1.54, 1.807) is 11.0 Å². The Balaban J connectivity index is 3.12. The number of nitrogens with one attached hydrogen (secondary N) is 1. The third kappa shape index (κ3) is 5.59. The van der Waals surface area contributed by atoms with Crippen LogP contribution >= 0.6 is 23.2 Å². The van der Waals surface area contributed by atoms with E-state index in [0.717, 1.165) is 13.0 Å². The number of anilines is 2. The van der Waals surface area contributed by atoms with E-state index in [1.807, 2.05) is 13.8 Å². The molecular formula is C14H22Cl2N4O. The van der Waals surface area contributed by atoms with Crippen LogP contribution in [0.25, 0.3) is 0 Å². The molecule has 0 bridgehead atoms. The molecule has 7 heteroatoms. The zero-order valence-corrected chi connectivity index (χ0v) is 14.1. The number of carbonyl (C=O) groups is 1. The minimum atomic E-state index is -0.425. The second-order valence-corrected chi connectivity index (χ2v) is 6.11. The molecule has 5 nitrogen and oxygen atoms in total. The Morgan fingerprint density at radius 2 is 2.10 bits per heavy atom. The van der Waals surface area contributed by atoms with E-state index in [1.165, 1.54) is 0 Å². The van der Waals surface area contributed by atoms with Crippen molar-refractivity contribution in [1.82, 2.24) is 4.98 Å². The molecule has 0 aliphatic rings. The van der Waals surface area contributed by atoms with E-state index in [0.29, 0.717) is 34.1 Å². The number of nitrogens with zero attached hydrogens (tertiary/aromatic N) is 2. The molecule has 0 atom stereocenters. The maximum absolute atomic E-state index is 11.3. The van der Waals surface area contributed by atoms with Crippen molar-refractivity contribution >= 4 is 40.7 Å². The highest BCUT2D eigenvalue weighted by molar-refractivity contribution is 6.37. The molecule has 0 aliphatic heterocycles. The van der Waals surface area contributed by atoms with Gasteiger partial charge < -0.3 is 16.0 Å². The van der Waals surface area contributed by atoms with Gasteiger partial charge in [0, 0.05) is 13.1 Å². The van der Waals surface area contributed by atoms with Crippen LogP contribution < -0.4 is 16.0 Å². The molecule has 1 aromatic rings. The Bertz CT molecular complexity index is 494. The Labute approximate surface area is 135 Å². The highest BCUT2D eigenvalue weighted by atomic mass is 35.5. The van der Waals surface area contributed by atoms with Gasteiger partial charge in [-0.25, -0.2) is 4.98 Å². The molecule has 0 unspecified atom stereocenters. The van der Waals surface area contributed by atoms with E-state index >= 15 is 0 Å². The maximum Gasteiger partial charge on any atom is 0.236 e. The number of rotatable bonds is 8. The second-order valence-electron chi connectivity index (χ2n) is 5.29. The zero-order valence-electron chi connectivity index (χ0n) is 12.6. The van der Waals surface area contributed by atoms with Gasteiger partial charge in [0.2, 0.25) is 5.91 Å². The standard InChI is InChI=1S/C14H22Cl2N4O/c1-4-5-18-13-10(15)6-11(16)14(19-13)20(7-9(2)3)8-12(17)21/h6,9H,4-5,7-8H2,1-3H3,(H2,17,21)(H,18,19). The van der Waals surface area contributed by atoms with Crippen molar-refractivity contribution in [3.63, 3.8) is 0 Å². The van der Waals surface area contributed by atoms with Gasteiger partial charge in [0.25, 0.3) is 0 Å². The molecule has 1 aromatic heterocycles. The number of halogens is 2. The van der Waals surface area contributed by atoms with E-state index < -0.39 is 5.91 Å². The lowest BCUT2D eigenvalue weighted by Gasteiger charge is -2.26. The second kappa shape index (κ2) is 8.29. The molecule has 0 spiro atoms. The number of hydrogen-bond donors (Lipinski definition) is 2. The van der Waals surface area contributed by atoms with Crippen LogP contribution in [0.5, 0.6) is 0 Å². The molecule has 0 radical (unpaired) electrons. The van der Waals surface area contributed by atoms with Gasteiger partial charge in [0.1, 0.15) is 11.6 Å². The number of nitrogens with two attached hydrogens (primary N) is 1. The largest absolute Gasteiger partial charge is 0.369 e. The van der Waals surface area contributed by atoms with E-state index in [2.05, 4.69) is 17.2 Å². The van der Waals surface area contributed by atoms with Crippen molar-refractivity contribution in [3.05, 3.63) is 16.1 Å². The van der Waals surface area contributed by atoms with Gasteiger partial charge in [-0.2, -0.15) is 0 Å². The first-order chi connectivity index (χ1) is 9.85. The molecule has 0 saturated heterocycles. The number of carbonyl (C=O) groups excluding carboxylic acids is 1. The Morgan fingerprint density at radius 1 is 1.43 bits per heavy atom. The minimum Gasteiger partial charge on any atom is -0.369 e. The summed E-state index contributed by atoms with van der Waals surface area (Å²) in [5.74, 6) is 1.000. The summed E-state index contributed by atoms with van der Waals surface area (Å²) in [6, 6.07) is 1.64. The fraction of sp³-hybridized carbons (Fsp3) is 0.571. The van der Waals surface area contributed by atoms with Crippen LogP contribution in [0.1, 0.15) is 27.2 Å².